The molecule has 2 N–H and O–H groups in total. The molecule has 0 atom stereocenters. The number of halogens is 1. The van der Waals surface area contributed by atoms with Crippen LogP contribution in [0.15, 0.2) is 16.9 Å². The Morgan fingerprint density at radius 2 is 1.94 bits per heavy atom. The minimum atomic E-state index is 0.717. The SMILES string of the molecule is CCC(CC)CN(CC)c1c(N)cncc1Br. The maximum absolute atomic E-state index is 6.02. The molecule has 0 aromatic carbocycles. The van der Waals surface area contributed by atoms with Crippen molar-refractivity contribution in [1.29, 1.82) is 0 Å². The fourth-order valence-electron chi connectivity index (χ4n) is 2.01. The molecule has 0 aliphatic heterocycles. The normalized spacial score (nSPS) is 10.9. The van der Waals surface area contributed by atoms with Crippen molar-refractivity contribution in [2.24, 2.45) is 5.92 Å². The Morgan fingerprint density at radius 3 is 2.41 bits per heavy atom. The predicted molar refractivity (Wildman–Crippen MR) is 78.3 cm³/mol. The molecule has 0 saturated carbocycles. The van der Waals surface area contributed by atoms with E-state index in [1.165, 1.54) is 12.8 Å². The molecule has 17 heavy (non-hydrogen) atoms. The van der Waals surface area contributed by atoms with Gasteiger partial charge in [-0.2, -0.15) is 0 Å². The number of nitrogens with zero attached hydrogens (tertiary/aromatic N) is 2. The lowest BCUT2D eigenvalue weighted by molar-refractivity contribution is 0.486. The number of hydrogen-bond donors (Lipinski definition) is 1. The Bertz CT molecular complexity index is 330. The molecule has 0 aliphatic carbocycles. The summed E-state index contributed by atoms with van der Waals surface area (Å²) in [6, 6.07) is 0. The standard InChI is InChI=1S/C13H22BrN3/c1-4-10(5-2)9-17(6-3)13-11(14)7-16-8-12(13)15/h7-8,10H,4-6,9,15H2,1-3H3. The number of pyridine rings is 1. The number of rotatable bonds is 6. The molecule has 0 aliphatic rings. The van der Waals surface area contributed by atoms with Gasteiger partial charge in [0.15, 0.2) is 0 Å². The van der Waals surface area contributed by atoms with Crippen molar-refractivity contribution in [2.45, 2.75) is 33.6 Å². The first-order chi connectivity index (χ1) is 8.13. The molecule has 1 rings (SSSR count). The van der Waals surface area contributed by atoms with Crippen LogP contribution in [0.3, 0.4) is 0 Å². The summed E-state index contributed by atoms with van der Waals surface area (Å²) >= 11 is 3.54. The first-order valence-corrected chi connectivity index (χ1v) is 7.07. The van der Waals surface area contributed by atoms with Crippen LogP contribution >= 0.6 is 15.9 Å². The van der Waals surface area contributed by atoms with Gasteiger partial charge < -0.3 is 10.6 Å². The van der Waals surface area contributed by atoms with E-state index < -0.39 is 0 Å². The maximum Gasteiger partial charge on any atom is 0.0776 e. The van der Waals surface area contributed by atoms with Crippen molar-refractivity contribution in [3.8, 4) is 0 Å². The highest BCUT2D eigenvalue weighted by molar-refractivity contribution is 9.10. The quantitative estimate of drug-likeness (QED) is 0.871. The number of nitrogens with two attached hydrogens (primary N) is 1. The fourth-order valence-corrected chi connectivity index (χ4v) is 2.61. The van der Waals surface area contributed by atoms with E-state index in [2.05, 4.69) is 46.6 Å². The zero-order chi connectivity index (χ0) is 12.8. The molecule has 3 nitrogen and oxygen atoms in total. The van der Waals surface area contributed by atoms with E-state index in [1.54, 1.807) is 12.4 Å². The third-order valence-corrected chi connectivity index (χ3v) is 3.81. The lowest BCUT2D eigenvalue weighted by atomic mass is 10.0. The van der Waals surface area contributed by atoms with Crippen LogP contribution in [0.1, 0.15) is 33.6 Å². The summed E-state index contributed by atoms with van der Waals surface area (Å²) in [7, 11) is 0. The summed E-state index contributed by atoms with van der Waals surface area (Å²) in [5.74, 6) is 0.717. The Kier molecular flexibility index (Phi) is 5.75. The van der Waals surface area contributed by atoms with Gasteiger partial charge in [-0.05, 0) is 28.8 Å². The van der Waals surface area contributed by atoms with Crippen LogP contribution in [0, 0.1) is 5.92 Å². The molecule has 0 saturated heterocycles. The van der Waals surface area contributed by atoms with Crippen molar-refractivity contribution in [3.63, 3.8) is 0 Å². The Hall–Kier alpha value is -0.770. The number of aromatic nitrogens is 1. The topological polar surface area (TPSA) is 42.1 Å². The van der Waals surface area contributed by atoms with Gasteiger partial charge in [-0.25, -0.2) is 0 Å². The van der Waals surface area contributed by atoms with Gasteiger partial charge in [-0.15, -0.1) is 0 Å². The van der Waals surface area contributed by atoms with Crippen LogP contribution in [0.5, 0.6) is 0 Å². The largest absolute Gasteiger partial charge is 0.396 e. The Labute approximate surface area is 113 Å². The monoisotopic (exact) mass is 299 g/mol. The molecular formula is C13H22BrN3. The third-order valence-electron chi connectivity index (χ3n) is 3.23. The van der Waals surface area contributed by atoms with Gasteiger partial charge in [0.2, 0.25) is 0 Å². The van der Waals surface area contributed by atoms with Gasteiger partial charge in [-0.1, -0.05) is 26.7 Å². The minimum absolute atomic E-state index is 0.717. The van der Waals surface area contributed by atoms with Crippen LogP contribution in [-0.2, 0) is 0 Å². The molecule has 1 heterocycles. The van der Waals surface area contributed by atoms with Crippen molar-refractivity contribution in [1.82, 2.24) is 4.98 Å². The van der Waals surface area contributed by atoms with E-state index in [4.69, 9.17) is 5.73 Å². The zero-order valence-corrected chi connectivity index (χ0v) is 12.5. The summed E-state index contributed by atoms with van der Waals surface area (Å²) < 4.78 is 0.977. The van der Waals surface area contributed by atoms with Gasteiger partial charge in [-0.3, -0.25) is 4.98 Å². The van der Waals surface area contributed by atoms with Gasteiger partial charge in [0.1, 0.15) is 0 Å². The van der Waals surface area contributed by atoms with E-state index in [0.29, 0.717) is 0 Å². The summed E-state index contributed by atoms with van der Waals surface area (Å²) in [5, 5.41) is 0. The van der Waals surface area contributed by atoms with Crippen molar-refractivity contribution < 1.29 is 0 Å². The summed E-state index contributed by atoms with van der Waals surface area (Å²) in [4.78, 5) is 6.41. The van der Waals surface area contributed by atoms with Crippen molar-refractivity contribution >= 4 is 27.3 Å². The second-order valence-electron chi connectivity index (χ2n) is 4.28. The van der Waals surface area contributed by atoms with Crippen LogP contribution in [0.4, 0.5) is 11.4 Å². The number of anilines is 2. The summed E-state index contributed by atoms with van der Waals surface area (Å²) in [6.07, 6.45) is 5.93. The smallest absolute Gasteiger partial charge is 0.0776 e. The average Bonchev–Trinajstić information content (AvgIpc) is 2.33. The lowest BCUT2D eigenvalue weighted by Gasteiger charge is -2.29. The first kappa shape index (κ1) is 14.3. The summed E-state index contributed by atoms with van der Waals surface area (Å²) in [6.45, 7) is 8.66. The third kappa shape index (κ3) is 3.60. The molecule has 0 radical (unpaired) electrons. The van der Waals surface area contributed by atoms with Gasteiger partial charge in [0.25, 0.3) is 0 Å². The number of hydrogen-bond acceptors (Lipinski definition) is 3. The number of nitrogen functional groups attached to an aromatic ring is 1. The van der Waals surface area contributed by atoms with Crippen LogP contribution in [0.2, 0.25) is 0 Å². The molecule has 0 spiro atoms. The first-order valence-electron chi connectivity index (χ1n) is 6.27. The Balaban J connectivity index is 2.93. The van der Waals surface area contributed by atoms with E-state index in [-0.39, 0.29) is 0 Å². The molecule has 0 fully saturated rings. The van der Waals surface area contributed by atoms with Gasteiger partial charge in [0, 0.05) is 19.3 Å². The summed E-state index contributed by atoms with van der Waals surface area (Å²) in [5.41, 5.74) is 7.84. The van der Waals surface area contributed by atoms with E-state index in [0.717, 1.165) is 34.9 Å². The molecule has 0 amide bonds. The predicted octanol–water partition coefficient (Wildman–Crippen LogP) is 3.69. The van der Waals surface area contributed by atoms with E-state index in [9.17, 15) is 0 Å². The van der Waals surface area contributed by atoms with E-state index >= 15 is 0 Å². The lowest BCUT2D eigenvalue weighted by Crippen LogP contribution is -2.30. The highest BCUT2D eigenvalue weighted by Crippen LogP contribution is 2.32. The van der Waals surface area contributed by atoms with Crippen LogP contribution < -0.4 is 10.6 Å². The van der Waals surface area contributed by atoms with Crippen LogP contribution in [-0.4, -0.2) is 18.1 Å². The van der Waals surface area contributed by atoms with E-state index in [1.807, 2.05) is 0 Å². The molecule has 4 heteroatoms. The highest BCUT2D eigenvalue weighted by atomic mass is 79.9. The van der Waals surface area contributed by atoms with Crippen LogP contribution in [0.25, 0.3) is 0 Å². The molecule has 0 bridgehead atoms. The minimum Gasteiger partial charge on any atom is -0.396 e. The molecular weight excluding hydrogens is 278 g/mol. The molecule has 1 aromatic heterocycles. The van der Waals surface area contributed by atoms with Crippen molar-refractivity contribution in [2.75, 3.05) is 23.7 Å². The molecule has 1 aromatic rings. The second-order valence-corrected chi connectivity index (χ2v) is 5.13. The van der Waals surface area contributed by atoms with Crippen molar-refractivity contribution in [3.05, 3.63) is 16.9 Å². The molecule has 0 unspecified atom stereocenters. The maximum atomic E-state index is 6.02. The van der Waals surface area contributed by atoms with Gasteiger partial charge in [0.05, 0.1) is 22.0 Å². The Morgan fingerprint density at radius 1 is 1.29 bits per heavy atom. The second kappa shape index (κ2) is 6.84. The average molecular weight is 300 g/mol. The zero-order valence-electron chi connectivity index (χ0n) is 10.9. The van der Waals surface area contributed by atoms with Gasteiger partial charge >= 0.3 is 0 Å². The highest BCUT2D eigenvalue weighted by Gasteiger charge is 2.15. The molecule has 96 valence electrons. The fraction of sp³-hybridized carbons (Fsp3) is 0.615.